The molecule has 7 heteroatoms. The van der Waals surface area contributed by atoms with Crippen molar-refractivity contribution < 1.29 is 13.7 Å². The van der Waals surface area contributed by atoms with Gasteiger partial charge >= 0.3 is 0 Å². The summed E-state index contributed by atoms with van der Waals surface area (Å²) in [5.41, 5.74) is 4.36. The molecule has 1 aromatic heterocycles. The summed E-state index contributed by atoms with van der Waals surface area (Å²) in [6.45, 7) is 2.00. The molecular weight excluding hydrogens is 350 g/mol. The number of aryl methyl sites for hydroxylation is 1. The minimum atomic E-state index is 0.420. The molecule has 0 aliphatic carbocycles. The number of hydrogen-bond donors (Lipinski definition) is 1. The second kappa shape index (κ2) is 7.21. The van der Waals surface area contributed by atoms with Gasteiger partial charge in [0.2, 0.25) is 0 Å². The standard InChI is InChI=1S/C19H21N3O3S/c1-11-8-13(25-5)9-14(17(11)22(2)3)18(26-23)19-20-15-7-6-12(24-4)10-16(15)21-19/h6-10H,1-5H3,(H,20,21). The van der Waals surface area contributed by atoms with Crippen molar-refractivity contribution in [1.82, 2.24) is 9.97 Å². The molecule has 2 aromatic carbocycles. The molecule has 0 saturated heterocycles. The fourth-order valence-electron chi connectivity index (χ4n) is 3.07. The highest BCUT2D eigenvalue weighted by Crippen LogP contribution is 2.31. The monoisotopic (exact) mass is 371 g/mol. The van der Waals surface area contributed by atoms with Crippen molar-refractivity contribution in [2.75, 3.05) is 33.2 Å². The minimum Gasteiger partial charge on any atom is -0.497 e. The van der Waals surface area contributed by atoms with Gasteiger partial charge in [-0.05, 0) is 36.8 Å². The summed E-state index contributed by atoms with van der Waals surface area (Å²) in [5, 5.41) is 0. The van der Waals surface area contributed by atoms with Gasteiger partial charge in [-0.2, -0.15) is 0 Å². The molecule has 0 atom stereocenters. The van der Waals surface area contributed by atoms with E-state index >= 15 is 0 Å². The van der Waals surface area contributed by atoms with Crippen LogP contribution in [-0.2, 0) is 11.3 Å². The zero-order valence-corrected chi connectivity index (χ0v) is 16.2. The highest BCUT2D eigenvalue weighted by atomic mass is 32.1. The number of methoxy groups -OCH3 is 2. The topological polar surface area (TPSA) is 67.4 Å². The number of imidazole rings is 1. The summed E-state index contributed by atoms with van der Waals surface area (Å²) >= 11 is 0.420. The van der Waals surface area contributed by atoms with E-state index in [2.05, 4.69) is 9.97 Å². The summed E-state index contributed by atoms with van der Waals surface area (Å²) < 4.78 is 22.7. The molecular formula is C19H21N3O3S. The number of H-pyrrole nitrogens is 1. The number of aromatic amines is 1. The summed E-state index contributed by atoms with van der Waals surface area (Å²) in [6.07, 6.45) is 0. The SMILES string of the molecule is COc1cc(C)c(N(C)C)c(C(=S=O)c2nc3ccc(OC)cc3[nH]2)c1. The third kappa shape index (κ3) is 3.17. The third-order valence-corrected chi connectivity index (χ3v) is 4.77. The fourth-order valence-corrected chi connectivity index (χ4v) is 3.49. The molecule has 0 aliphatic rings. The molecule has 0 unspecified atom stereocenters. The van der Waals surface area contributed by atoms with Crippen molar-refractivity contribution >= 4 is 32.8 Å². The number of aromatic nitrogens is 2. The van der Waals surface area contributed by atoms with Gasteiger partial charge in [-0.1, -0.05) is 0 Å². The Morgan fingerprint density at radius 2 is 1.85 bits per heavy atom. The van der Waals surface area contributed by atoms with Crippen LogP contribution in [0.5, 0.6) is 11.5 Å². The average Bonchev–Trinajstić information content (AvgIpc) is 3.03. The second-order valence-corrected chi connectivity index (χ2v) is 6.69. The van der Waals surface area contributed by atoms with Gasteiger partial charge in [0, 0.05) is 31.4 Å². The first-order valence-electron chi connectivity index (χ1n) is 8.05. The highest BCUT2D eigenvalue weighted by Gasteiger charge is 2.20. The first-order valence-corrected chi connectivity index (χ1v) is 8.80. The summed E-state index contributed by atoms with van der Waals surface area (Å²) in [4.78, 5) is 10.3. The van der Waals surface area contributed by atoms with E-state index in [1.807, 2.05) is 56.3 Å². The number of ether oxygens (including phenoxy) is 2. The molecule has 1 N–H and O–H groups in total. The largest absolute Gasteiger partial charge is 0.497 e. The zero-order chi connectivity index (χ0) is 18.8. The number of fused-ring (bicyclic) bond motifs is 1. The van der Waals surface area contributed by atoms with Crippen LogP contribution in [0.4, 0.5) is 5.69 Å². The van der Waals surface area contributed by atoms with E-state index in [0.717, 1.165) is 33.6 Å². The van der Waals surface area contributed by atoms with Crippen molar-refractivity contribution in [3.05, 3.63) is 47.3 Å². The lowest BCUT2D eigenvalue weighted by Crippen LogP contribution is -2.17. The number of benzene rings is 2. The van der Waals surface area contributed by atoms with E-state index in [1.165, 1.54) is 0 Å². The Balaban J connectivity index is 2.21. The molecule has 0 saturated carbocycles. The molecule has 0 radical (unpaired) electrons. The van der Waals surface area contributed by atoms with E-state index in [4.69, 9.17) is 9.47 Å². The van der Waals surface area contributed by atoms with Gasteiger partial charge in [0.05, 0.1) is 25.3 Å². The first-order chi connectivity index (χ1) is 12.5. The summed E-state index contributed by atoms with van der Waals surface area (Å²) in [6, 6.07) is 9.40. The van der Waals surface area contributed by atoms with Crippen molar-refractivity contribution in [2.45, 2.75) is 6.92 Å². The molecule has 0 fully saturated rings. The van der Waals surface area contributed by atoms with Gasteiger partial charge < -0.3 is 19.4 Å². The Morgan fingerprint density at radius 3 is 2.46 bits per heavy atom. The Bertz CT molecular complexity index is 1020. The number of anilines is 1. The van der Waals surface area contributed by atoms with Crippen LogP contribution in [0, 0.1) is 6.92 Å². The Labute approximate surface area is 155 Å². The molecule has 0 aliphatic heterocycles. The van der Waals surface area contributed by atoms with Crippen LogP contribution in [-0.4, -0.2) is 47.4 Å². The maximum Gasteiger partial charge on any atom is 0.152 e. The Morgan fingerprint density at radius 1 is 1.12 bits per heavy atom. The maximum absolute atomic E-state index is 12.1. The van der Waals surface area contributed by atoms with Crippen LogP contribution < -0.4 is 14.4 Å². The predicted molar refractivity (Wildman–Crippen MR) is 106 cm³/mol. The number of hydrogen-bond acceptors (Lipinski definition) is 5. The van der Waals surface area contributed by atoms with Gasteiger partial charge in [0.1, 0.15) is 27.6 Å². The van der Waals surface area contributed by atoms with Crippen LogP contribution in [0.3, 0.4) is 0 Å². The molecule has 1 heterocycles. The van der Waals surface area contributed by atoms with Crippen LogP contribution in [0.15, 0.2) is 30.3 Å². The molecule has 26 heavy (non-hydrogen) atoms. The van der Waals surface area contributed by atoms with Gasteiger partial charge in [-0.3, -0.25) is 0 Å². The maximum atomic E-state index is 12.1. The average molecular weight is 371 g/mol. The van der Waals surface area contributed by atoms with Crippen molar-refractivity contribution in [2.24, 2.45) is 0 Å². The van der Waals surface area contributed by atoms with Crippen molar-refractivity contribution in [3.8, 4) is 11.5 Å². The molecule has 3 rings (SSSR count). The van der Waals surface area contributed by atoms with E-state index in [1.54, 1.807) is 14.2 Å². The van der Waals surface area contributed by atoms with E-state index < -0.39 is 0 Å². The molecule has 0 spiro atoms. The summed E-state index contributed by atoms with van der Waals surface area (Å²) in [7, 11) is 7.14. The van der Waals surface area contributed by atoms with E-state index in [0.29, 0.717) is 27.7 Å². The van der Waals surface area contributed by atoms with Crippen LogP contribution in [0.2, 0.25) is 0 Å². The molecule has 136 valence electrons. The number of rotatable bonds is 5. The lowest BCUT2D eigenvalue weighted by atomic mass is 10.0. The fraction of sp³-hybridized carbons (Fsp3) is 0.263. The first kappa shape index (κ1) is 18.0. The molecule has 0 amide bonds. The van der Waals surface area contributed by atoms with Crippen molar-refractivity contribution in [1.29, 1.82) is 0 Å². The van der Waals surface area contributed by atoms with E-state index in [-0.39, 0.29) is 0 Å². The van der Waals surface area contributed by atoms with Crippen LogP contribution >= 0.6 is 0 Å². The minimum absolute atomic E-state index is 0.420. The molecule has 0 bridgehead atoms. The molecule has 6 nitrogen and oxygen atoms in total. The zero-order valence-electron chi connectivity index (χ0n) is 15.4. The molecule has 3 aromatic rings. The van der Waals surface area contributed by atoms with Crippen molar-refractivity contribution in [3.63, 3.8) is 0 Å². The number of nitrogens with zero attached hydrogens (tertiary/aromatic N) is 2. The summed E-state index contributed by atoms with van der Waals surface area (Å²) in [5.74, 6) is 1.96. The van der Waals surface area contributed by atoms with Gasteiger partial charge in [-0.15, -0.1) is 0 Å². The lowest BCUT2D eigenvalue weighted by Gasteiger charge is -2.21. The Hall–Kier alpha value is -2.80. The smallest absolute Gasteiger partial charge is 0.152 e. The van der Waals surface area contributed by atoms with Crippen LogP contribution in [0.1, 0.15) is 17.0 Å². The quantitative estimate of drug-likeness (QED) is 0.552. The van der Waals surface area contributed by atoms with Crippen LogP contribution in [0.25, 0.3) is 11.0 Å². The highest BCUT2D eigenvalue weighted by molar-refractivity contribution is 7.67. The van der Waals surface area contributed by atoms with Gasteiger partial charge in [-0.25, -0.2) is 9.19 Å². The van der Waals surface area contributed by atoms with Gasteiger partial charge in [0.15, 0.2) is 5.82 Å². The Kier molecular flexibility index (Phi) is 4.99. The second-order valence-electron chi connectivity index (χ2n) is 6.12. The normalized spacial score (nSPS) is 10.7. The predicted octanol–water partition coefficient (Wildman–Crippen LogP) is 2.74. The number of nitrogens with one attached hydrogen (secondary N) is 1. The third-order valence-electron chi connectivity index (χ3n) is 4.19. The van der Waals surface area contributed by atoms with Gasteiger partial charge in [0.25, 0.3) is 0 Å². The lowest BCUT2D eigenvalue weighted by molar-refractivity contribution is 0.414. The van der Waals surface area contributed by atoms with E-state index in [9.17, 15) is 4.21 Å².